The largest absolute Gasteiger partial charge is 0.385 e. The first kappa shape index (κ1) is 40.3. The van der Waals surface area contributed by atoms with Gasteiger partial charge in [0.25, 0.3) is 0 Å². The standard InChI is InChI=1S/C29H43N3O3.C10H21N3O/c1-22-13-15-24(16-14-22)26-11-5-6-12-27(26)29(34,17-7-8-19-35-4)25-10-9-18-32(21-25)28(33)31-23(2)20-30-3;1-9(8-11-2)12-10(14)13-6-4-3-5-7-13/h5-6,11-16,23,25,30,34H,7-10,17-21H2,1-4H3,(H,31,33);9,11H,3-8H2,1-2H3,(H,12,14)/t23-,25+,29-;9-/m00/s1. The third-order valence-electron chi connectivity index (χ3n) is 9.70. The van der Waals surface area contributed by atoms with Crippen molar-refractivity contribution in [3.8, 4) is 11.1 Å². The van der Waals surface area contributed by atoms with Crippen LogP contribution in [0, 0.1) is 12.8 Å². The second-order valence-corrected chi connectivity index (χ2v) is 13.9. The monoisotopic (exact) mass is 680 g/mol. The summed E-state index contributed by atoms with van der Waals surface area (Å²) in [5.74, 6) is -0.0456. The van der Waals surface area contributed by atoms with Gasteiger partial charge in [-0.25, -0.2) is 9.59 Å². The molecule has 2 heterocycles. The first-order valence-corrected chi connectivity index (χ1v) is 18.4. The van der Waals surface area contributed by atoms with E-state index in [9.17, 15) is 14.7 Å². The molecule has 10 heteroatoms. The third-order valence-corrected chi connectivity index (χ3v) is 9.70. The molecule has 4 amide bonds. The van der Waals surface area contributed by atoms with Crippen molar-refractivity contribution in [3.05, 3.63) is 59.7 Å². The number of unbranched alkanes of at least 4 members (excludes halogenated alkanes) is 1. The molecular weight excluding hydrogens is 616 g/mol. The number of likely N-dealkylation sites (tertiary alicyclic amines) is 2. The van der Waals surface area contributed by atoms with Crippen molar-refractivity contribution in [2.75, 3.05) is 67.1 Å². The van der Waals surface area contributed by atoms with Crippen LogP contribution in [0.5, 0.6) is 0 Å². The van der Waals surface area contributed by atoms with Gasteiger partial charge in [0.1, 0.15) is 0 Å². The lowest BCUT2D eigenvalue weighted by molar-refractivity contribution is -0.0559. The number of benzene rings is 2. The van der Waals surface area contributed by atoms with Crippen LogP contribution < -0.4 is 21.3 Å². The zero-order chi connectivity index (χ0) is 35.6. The number of urea groups is 2. The SMILES string of the molecule is CNC[C@H](C)NC(=O)N1CCCCC1.CNC[C@H](C)NC(=O)N1CCC[C@@H]([C@@](O)(CCCCOC)c2ccccc2-c2ccc(C)cc2)C1. The zero-order valence-corrected chi connectivity index (χ0v) is 31.0. The summed E-state index contributed by atoms with van der Waals surface area (Å²) in [4.78, 5) is 28.5. The number of aryl methyl sites for hydroxylation is 1. The summed E-state index contributed by atoms with van der Waals surface area (Å²) in [5, 5.41) is 24.7. The van der Waals surface area contributed by atoms with Crippen LogP contribution >= 0.6 is 0 Å². The topological polar surface area (TPSA) is 118 Å². The van der Waals surface area contributed by atoms with Crippen LogP contribution in [0.4, 0.5) is 9.59 Å². The van der Waals surface area contributed by atoms with Gasteiger partial charge in [0.15, 0.2) is 0 Å². The summed E-state index contributed by atoms with van der Waals surface area (Å²) >= 11 is 0. The molecule has 0 bridgehead atoms. The summed E-state index contributed by atoms with van der Waals surface area (Å²) in [7, 11) is 5.49. The van der Waals surface area contributed by atoms with Gasteiger partial charge in [-0.05, 0) is 103 Å². The molecule has 2 aromatic carbocycles. The molecule has 4 atom stereocenters. The fourth-order valence-electron chi connectivity index (χ4n) is 7.01. The highest BCUT2D eigenvalue weighted by Crippen LogP contribution is 2.43. The second kappa shape index (κ2) is 21.1. The number of hydrogen-bond donors (Lipinski definition) is 5. The summed E-state index contributed by atoms with van der Waals surface area (Å²) < 4.78 is 5.27. The van der Waals surface area contributed by atoms with E-state index in [1.165, 1.54) is 12.0 Å². The van der Waals surface area contributed by atoms with E-state index in [1.807, 2.05) is 49.9 Å². The number of amides is 4. The molecule has 0 unspecified atom stereocenters. The molecule has 5 N–H and O–H groups in total. The Labute approximate surface area is 295 Å². The fourth-order valence-corrected chi connectivity index (χ4v) is 7.01. The predicted octanol–water partition coefficient (Wildman–Crippen LogP) is 5.49. The third kappa shape index (κ3) is 12.6. The van der Waals surface area contributed by atoms with Crippen molar-refractivity contribution in [2.24, 2.45) is 5.92 Å². The maximum absolute atomic E-state index is 13.0. The van der Waals surface area contributed by atoms with Crippen molar-refractivity contribution in [2.45, 2.75) is 89.8 Å². The number of ether oxygens (including phenoxy) is 1. The lowest BCUT2D eigenvalue weighted by Crippen LogP contribution is -2.53. The number of piperidine rings is 2. The van der Waals surface area contributed by atoms with Crippen LogP contribution in [-0.4, -0.2) is 106 Å². The molecule has 2 fully saturated rings. The van der Waals surface area contributed by atoms with E-state index >= 15 is 0 Å². The zero-order valence-electron chi connectivity index (χ0n) is 31.0. The van der Waals surface area contributed by atoms with Crippen molar-refractivity contribution in [1.82, 2.24) is 31.1 Å². The quantitative estimate of drug-likeness (QED) is 0.169. The van der Waals surface area contributed by atoms with Gasteiger partial charge in [0.05, 0.1) is 5.60 Å². The Morgan fingerprint density at radius 1 is 0.857 bits per heavy atom. The molecular formula is C39H64N6O4. The molecule has 2 aliphatic heterocycles. The number of nitrogens with zero attached hydrogens (tertiary/aromatic N) is 2. The van der Waals surface area contributed by atoms with Gasteiger partial charge >= 0.3 is 12.1 Å². The number of nitrogens with one attached hydrogen (secondary N) is 4. The maximum atomic E-state index is 13.0. The van der Waals surface area contributed by atoms with Gasteiger partial charge in [-0.3, -0.25) is 0 Å². The molecule has 0 aliphatic carbocycles. The van der Waals surface area contributed by atoms with E-state index in [4.69, 9.17) is 4.74 Å². The van der Waals surface area contributed by atoms with Gasteiger partial charge in [-0.2, -0.15) is 0 Å². The van der Waals surface area contributed by atoms with Crippen molar-refractivity contribution in [3.63, 3.8) is 0 Å². The summed E-state index contributed by atoms with van der Waals surface area (Å²) in [6.45, 7) is 11.4. The first-order valence-electron chi connectivity index (χ1n) is 18.4. The number of carbonyl (C=O) groups is 2. The highest BCUT2D eigenvalue weighted by molar-refractivity contribution is 5.75. The van der Waals surface area contributed by atoms with E-state index < -0.39 is 5.60 Å². The highest BCUT2D eigenvalue weighted by atomic mass is 16.5. The average Bonchev–Trinajstić information content (AvgIpc) is 3.11. The van der Waals surface area contributed by atoms with E-state index in [1.54, 1.807) is 7.11 Å². The van der Waals surface area contributed by atoms with E-state index in [0.29, 0.717) is 26.1 Å². The van der Waals surface area contributed by atoms with Crippen LogP contribution in [-0.2, 0) is 10.3 Å². The first-order chi connectivity index (χ1) is 23.6. The van der Waals surface area contributed by atoms with Gasteiger partial charge in [-0.15, -0.1) is 0 Å². The van der Waals surface area contributed by atoms with Crippen molar-refractivity contribution < 1.29 is 19.4 Å². The Morgan fingerprint density at radius 3 is 2.06 bits per heavy atom. The lowest BCUT2D eigenvalue weighted by atomic mass is 9.72. The Kier molecular flexibility index (Phi) is 17.4. The van der Waals surface area contributed by atoms with E-state index in [0.717, 1.165) is 81.4 Å². The number of carbonyl (C=O) groups excluding carboxylic acids is 2. The summed E-state index contributed by atoms with van der Waals surface area (Å²) in [5.41, 5.74) is 3.29. The number of rotatable bonds is 14. The normalized spacial score (nSPS) is 18.8. The van der Waals surface area contributed by atoms with Crippen LogP contribution in [0.2, 0.25) is 0 Å². The van der Waals surface area contributed by atoms with Gasteiger partial charge in [0.2, 0.25) is 0 Å². The molecule has 0 radical (unpaired) electrons. The summed E-state index contributed by atoms with van der Waals surface area (Å²) in [6.07, 6.45) is 7.70. The Bertz CT molecular complexity index is 1250. The van der Waals surface area contributed by atoms with Crippen molar-refractivity contribution >= 4 is 12.1 Å². The van der Waals surface area contributed by atoms with Crippen LogP contribution in [0.15, 0.2) is 48.5 Å². The number of methoxy groups -OCH3 is 1. The number of aliphatic hydroxyl groups is 1. The minimum absolute atomic E-state index is 0.0445. The van der Waals surface area contributed by atoms with Gasteiger partial charge in [0, 0.05) is 71.0 Å². The van der Waals surface area contributed by atoms with Crippen molar-refractivity contribution in [1.29, 1.82) is 0 Å². The predicted molar refractivity (Wildman–Crippen MR) is 200 cm³/mol. The van der Waals surface area contributed by atoms with E-state index in [-0.39, 0.29) is 30.1 Å². The van der Waals surface area contributed by atoms with Gasteiger partial charge in [-0.1, -0.05) is 54.1 Å². The average molecular weight is 681 g/mol. The Morgan fingerprint density at radius 2 is 1.45 bits per heavy atom. The molecule has 49 heavy (non-hydrogen) atoms. The molecule has 0 spiro atoms. The molecule has 2 aromatic rings. The Balaban J connectivity index is 0.000000388. The number of likely N-dealkylation sites (N-methyl/N-ethyl adjacent to an activating group) is 2. The molecule has 4 rings (SSSR count). The lowest BCUT2D eigenvalue weighted by Gasteiger charge is -2.43. The fraction of sp³-hybridized carbons (Fsp3) is 0.641. The summed E-state index contributed by atoms with van der Waals surface area (Å²) in [6, 6.07) is 17.0. The highest BCUT2D eigenvalue weighted by Gasteiger charge is 2.42. The van der Waals surface area contributed by atoms with Crippen LogP contribution in [0.1, 0.15) is 76.3 Å². The molecule has 0 aromatic heterocycles. The smallest absolute Gasteiger partial charge is 0.317 e. The number of hydrogen-bond acceptors (Lipinski definition) is 6. The van der Waals surface area contributed by atoms with E-state index in [2.05, 4.69) is 64.6 Å². The molecule has 274 valence electrons. The molecule has 2 saturated heterocycles. The van der Waals surface area contributed by atoms with Gasteiger partial charge < -0.3 is 40.9 Å². The minimum Gasteiger partial charge on any atom is -0.385 e. The van der Waals surface area contributed by atoms with Crippen LogP contribution in [0.25, 0.3) is 11.1 Å². The minimum atomic E-state index is -1.04. The molecule has 2 aliphatic rings. The van der Waals surface area contributed by atoms with Crippen LogP contribution in [0.3, 0.4) is 0 Å². The molecule has 0 saturated carbocycles. The second-order valence-electron chi connectivity index (χ2n) is 13.9. The molecule has 10 nitrogen and oxygen atoms in total. The maximum Gasteiger partial charge on any atom is 0.317 e. The Hall–Kier alpha value is -3.18.